The van der Waals surface area contributed by atoms with Crippen LogP contribution in [0.1, 0.15) is 36.8 Å². The Labute approximate surface area is 114 Å². The van der Waals surface area contributed by atoms with Crippen LogP contribution in [0.15, 0.2) is 30.6 Å². The highest BCUT2D eigenvalue weighted by molar-refractivity contribution is 5.25. The topological polar surface area (TPSA) is 42.7 Å². The van der Waals surface area contributed by atoms with E-state index in [2.05, 4.69) is 60.4 Å². The van der Waals surface area contributed by atoms with Crippen molar-refractivity contribution in [3.63, 3.8) is 0 Å². The van der Waals surface area contributed by atoms with Gasteiger partial charge in [-0.2, -0.15) is 5.10 Å². The van der Waals surface area contributed by atoms with Crippen LogP contribution in [0.25, 0.3) is 0 Å². The van der Waals surface area contributed by atoms with Crippen LogP contribution < -0.4 is 5.32 Å². The number of aromatic nitrogens is 3. The van der Waals surface area contributed by atoms with Crippen molar-refractivity contribution in [2.24, 2.45) is 0 Å². The van der Waals surface area contributed by atoms with Crippen LogP contribution in [-0.2, 0) is 13.0 Å². The van der Waals surface area contributed by atoms with Crippen molar-refractivity contribution in [3.05, 3.63) is 47.5 Å². The van der Waals surface area contributed by atoms with Crippen molar-refractivity contribution >= 4 is 0 Å². The maximum absolute atomic E-state index is 4.29. The van der Waals surface area contributed by atoms with E-state index < -0.39 is 0 Å². The molecule has 0 radical (unpaired) electrons. The van der Waals surface area contributed by atoms with Gasteiger partial charge in [0.15, 0.2) is 0 Å². The average Bonchev–Trinajstić information content (AvgIpc) is 2.85. The van der Waals surface area contributed by atoms with Gasteiger partial charge in [-0.3, -0.25) is 0 Å². The van der Waals surface area contributed by atoms with Crippen LogP contribution in [-0.4, -0.2) is 21.3 Å². The Morgan fingerprint density at radius 1 is 1.26 bits per heavy atom. The SMILES string of the molecule is Cc1ccccc1CCNCc1ncnn1C(C)C. The summed E-state index contributed by atoms with van der Waals surface area (Å²) in [6.07, 6.45) is 2.67. The van der Waals surface area contributed by atoms with E-state index in [-0.39, 0.29) is 0 Å². The van der Waals surface area contributed by atoms with E-state index in [0.29, 0.717) is 6.04 Å². The molecule has 0 aliphatic carbocycles. The van der Waals surface area contributed by atoms with Crippen LogP contribution in [0.4, 0.5) is 0 Å². The molecule has 4 nitrogen and oxygen atoms in total. The third kappa shape index (κ3) is 3.64. The highest BCUT2D eigenvalue weighted by Crippen LogP contribution is 2.07. The third-order valence-corrected chi connectivity index (χ3v) is 3.25. The lowest BCUT2D eigenvalue weighted by molar-refractivity contribution is 0.490. The van der Waals surface area contributed by atoms with Gasteiger partial charge >= 0.3 is 0 Å². The van der Waals surface area contributed by atoms with Crippen molar-refractivity contribution in [3.8, 4) is 0 Å². The summed E-state index contributed by atoms with van der Waals surface area (Å²) < 4.78 is 1.96. The summed E-state index contributed by atoms with van der Waals surface area (Å²) in [5.41, 5.74) is 2.76. The second kappa shape index (κ2) is 6.48. The Hall–Kier alpha value is -1.68. The molecule has 1 aromatic carbocycles. The highest BCUT2D eigenvalue weighted by Gasteiger charge is 2.06. The Kier molecular flexibility index (Phi) is 4.68. The Morgan fingerprint density at radius 2 is 2.05 bits per heavy atom. The molecule has 2 rings (SSSR count). The lowest BCUT2D eigenvalue weighted by atomic mass is 10.1. The molecule has 2 aromatic rings. The number of nitrogens with one attached hydrogen (secondary N) is 1. The second-order valence-electron chi connectivity index (χ2n) is 5.07. The standard InChI is InChI=1S/C15H22N4/c1-12(2)19-15(17-11-18-19)10-16-9-8-14-7-5-4-6-13(14)3/h4-7,11-12,16H,8-10H2,1-3H3. The van der Waals surface area contributed by atoms with E-state index in [0.717, 1.165) is 25.3 Å². The van der Waals surface area contributed by atoms with E-state index in [4.69, 9.17) is 0 Å². The van der Waals surface area contributed by atoms with E-state index in [1.165, 1.54) is 11.1 Å². The predicted octanol–water partition coefficient (Wildman–Crippen LogP) is 2.50. The fourth-order valence-electron chi connectivity index (χ4n) is 2.15. The molecule has 102 valence electrons. The number of aryl methyl sites for hydroxylation is 1. The van der Waals surface area contributed by atoms with E-state index in [1.54, 1.807) is 6.33 Å². The van der Waals surface area contributed by atoms with Gasteiger partial charge in [-0.15, -0.1) is 0 Å². The molecule has 0 saturated carbocycles. The molecule has 0 spiro atoms. The van der Waals surface area contributed by atoms with Crippen LogP contribution in [0.3, 0.4) is 0 Å². The smallest absolute Gasteiger partial charge is 0.141 e. The molecule has 0 atom stereocenters. The molecule has 0 aliphatic heterocycles. The van der Waals surface area contributed by atoms with Gasteiger partial charge in [0.2, 0.25) is 0 Å². The molecule has 4 heteroatoms. The van der Waals surface area contributed by atoms with E-state index in [9.17, 15) is 0 Å². The average molecular weight is 258 g/mol. The molecule has 0 unspecified atom stereocenters. The first-order valence-electron chi connectivity index (χ1n) is 6.82. The van der Waals surface area contributed by atoms with E-state index in [1.807, 2.05) is 4.68 Å². The van der Waals surface area contributed by atoms with Gasteiger partial charge in [-0.05, 0) is 44.9 Å². The van der Waals surface area contributed by atoms with Crippen LogP contribution in [0.2, 0.25) is 0 Å². The minimum absolute atomic E-state index is 0.357. The summed E-state index contributed by atoms with van der Waals surface area (Å²) in [6.45, 7) is 8.11. The summed E-state index contributed by atoms with van der Waals surface area (Å²) in [7, 11) is 0. The molecule has 0 saturated heterocycles. The first-order chi connectivity index (χ1) is 9.18. The van der Waals surface area contributed by atoms with Crippen LogP contribution in [0, 0.1) is 6.92 Å². The van der Waals surface area contributed by atoms with Gasteiger partial charge < -0.3 is 5.32 Å². The Bertz CT molecular complexity index is 516. The zero-order chi connectivity index (χ0) is 13.7. The minimum atomic E-state index is 0.357. The van der Waals surface area contributed by atoms with Crippen molar-refractivity contribution in [2.45, 2.75) is 39.8 Å². The largest absolute Gasteiger partial charge is 0.310 e. The van der Waals surface area contributed by atoms with Gasteiger partial charge in [-0.1, -0.05) is 24.3 Å². The Morgan fingerprint density at radius 3 is 2.79 bits per heavy atom. The van der Waals surface area contributed by atoms with E-state index >= 15 is 0 Å². The molecule has 0 fully saturated rings. The van der Waals surface area contributed by atoms with Gasteiger partial charge in [-0.25, -0.2) is 9.67 Å². The maximum atomic E-state index is 4.29. The van der Waals surface area contributed by atoms with Crippen LogP contribution in [0.5, 0.6) is 0 Å². The molecule has 1 N–H and O–H groups in total. The van der Waals surface area contributed by atoms with Crippen molar-refractivity contribution in [1.82, 2.24) is 20.1 Å². The molecule has 1 aromatic heterocycles. The number of hydrogen-bond acceptors (Lipinski definition) is 3. The van der Waals surface area contributed by atoms with Crippen molar-refractivity contribution in [1.29, 1.82) is 0 Å². The summed E-state index contributed by atoms with van der Waals surface area (Å²) in [4.78, 5) is 4.29. The third-order valence-electron chi connectivity index (χ3n) is 3.25. The molecule has 0 amide bonds. The zero-order valence-electron chi connectivity index (χ0n) is 11.9. The summed E-state index contributed by atoms with van der Waals surface area (Å²) in [6, 6.07) is 8.88. The van der Waals surface area contributed by atoms with Gasteiger partial charge in [0.05, 0.1) is 6.54 Å². The maximum Gasteiger partial charge on any atom is 0.141 e. The molecule has 1 heterocycles. The fourth-order valence-corrected chi connectivity index (χ4v) is 2.15. The molecular formula is C15H22N4. The number of benzene rings is 1. The highest BCUT2D eigenvalue weighted by atomic mass is 15.3. The normalized spacial score (nSPS) is 11.2. The molecule has 19 heavy (non-hydrogen) atoms. The number of nitrogens with zero attached hydrogens (tertiary/aromatic N) is 3. The lowest BCUT2D eigenvalue weighted by Gasteiger charge is -2.10. The molecule has 0 bridgehead atoms. The summed E-state index contributed by atoms with van der Waals surface area (Å²) in [5, 5.41) is 7.67. The first kappa shape index (κ1) is 13.7. The number of hydrogen-bond donors (Lipinski definition) is 1. The van der Waals surface area contributed by atoms with Crippen LogP contribution >= 0.6 is 0 Å². The lowest BCUT2D eigenvalue weighted by Crippen LogP contribution is -2.21. The monoisotopic (exact) mass is 258 g/mol. The van der Waals surface area contributed by atoms with Gasteiger partial charge in [0.25, 0.3) is 0 Å². The van der Waals surface area contributed by atoms with Gasteiger partial charge in [0.1, 0.15) is 12.2 Å². The summed E-state index contributed by atoms with van der Waals surface area (Å²) in [5.74, 6) is 1.000. The molecule has 0 aliphatic rings. The Balaban J connectivity index is 1.81. The van der Waals surface area contributed by atoms with Crippen molar-refractivity contribution in [2.75, 3.05) is 6.54 Å². The van der Waals surface area contributed by atoms with Crippen molar-refractivity contribution < 1.29 is 0 Å². The molecular weight excluding hydrogens is 236 g/mol. The summed E-state index contributed by atoms with van der Waals surface area (Å²) >= 11 is 0. The zero-order valence-corrected chi connectivity index (χ0v) is 11.9. The first-order valence-corrected chi connectivity index (χ1v) is 6.82. The predicted molar refractivity (Wildman–Crippen MR) is 77.0 cm³/mol. The number of rotatable bonds is 6. The minimum Gasteiger partial charge on any atom is -0.310 e. The van der Waals surface area contributed by atoms with Gasteiger partial charge in [0, 0.05) is 6.04 Å². The second-order valence-corrected chi connectivity index (χ2v) is 5.07. The quantitative estimate of drug-likeness (QED) is 0.810. The fraction of sp³-hybridized carbons (Fsp3) is 0.467.